The Balaban J connectivity index is 1.74. The zero-order valence-electron chi connectivity index (χ0n) is 19.1. The van der Waals surface area contributed by atoms with E-state index in [1.807, 2.05) is 4.90 Å². The lowest BCUT2D eigenvalue weighted by Gasteiger charge is -2.34. The SMILES string of the molecule is CCN(CC)S(=O)(=O)c1cccc(-c2nnc(SCC(=O)N3CC(C)CC(C)C3)n2N)c1. The molecule has 0 bridgehead atoms. The predicted octanol–water partition coefficient (Wildman–Crippen LogP) is 2.29. The third-order valence-electron chi connectivity index (χ3n) is 5.65. The van der Waals surface area contributed by atoms with E-state index >= 15 is 0 Å². The van der Waals surface area contributed by atoms with Crippen LogP contribution in [0.1, 0.15) is 34.1 Å². The minimum atomic E-state index is -3.60. The predicted molar refractivity (Wildman–Crippen MR) is 126 cm³/mol. The first-order chi connectivity index (χ1) is 15.2. The zero-order chi connectivity index (χ0) is 23.5. The van der Waals surface area contributed by atoms with Gasteiger partial charge in [-0.05, 0) is 30.4 Å². The molecule has 1 fully saturated rings. The van der Waals surface area contributed by atoms with Crippen LogP contribution in [0.3, 0.4) is 0 Å². The van der Waals surface area contributed by atoms with Gasteiger partial charge in [-0.2, -0.15) is 4.31 Å². The molecule has 1 saturated heterocycles. The van der Waals surface area contributed by atoms with Crippen LogP contribution in [-0.4, -0.2) is 70.3 Å². The highest BCUT2D eigenvalue weighted by Crippen LogP contribution is 2.26. The van der Waals surface area contributed by atoms with Gasteiger partial charge < -0.3 is 10.7 Å². The Morgan fingerprint density at radius 2 is 1.84 bits per heavy atom. The van der Waals surface area contributed by atoms with E-state index in [1.54, 1.807) is 38.1 Å². The lowest BCUT2D eigenvalue weighted by Crippen LogP contribution is -2.43. The number of nitrogens with two attached hydrogens (primary N) is 1. The summed E-state index contributed by atoms with van der Waals surface area (Å²) >= 11 is 1.24. The number of likely N-dealkylation sites (tertiary alicyclic amines) is 1. The third-order valence-corrected chi connectivity index (χ3v) is 8.62. The fraction of sp³-hybridized carbons (Fsp3) is 0.571. The van der Waals surface area contributed by atoms with Gasteiger partial charge in [0.25, 0.3) is 0 Å². The van der Waals surface area contributed by atoms with Gasteiger partial charge in [0.2, 0.25) is 21.1 Å². The van der Waals surface area contributed by atoms with Gasteiger partial charge >= 0.3 is 0 Å². The van der Waals surface area contributed by atoms with Crippen molar-refractivity contribution in [2.24, 2.45) is 11.8 Å². The normalized spacial score (nSPS) is 19.5. The minimum Gasteiger partial charge on any atom is -0.341 e. The van der Waals surface area contributed by atoms with E-state index in [2.05, 4.69) is 24.0 Å². The van der Waals surface area contributed by atoms with E-state index in [1.165, 1.54) is 20.7 Å². The molecule has 0 aliphatic carbocycles. The number of rotatable bonds is 8. The second kappa shape index (κ2) is 10.2. The van der Waals surface area contributed by atoms with Crippen LogP contribution in [0.25, 0.3) is 11.4 Å². The van der Waals surface area contributed by atoms with Crippen LogP contribution in [0.5, 0.6) is 0 Å². The largest absolute Gasteiger partial charge is 0.341 e. The fourth-order valence-corrected chi connectivity index (χ4v) is 6.43. The highest BCUT2D eigenvalue weighted by Gasteiger charge is 2.26. The van der Waals surface area contributed by atoms with Crippen molar-refractivity contribution in [3.63, 3.8) is 0 Å². The number of nitrogen functional groups attached to an aromatic ring is 1. The summed E-state index contributed by atoms with van der Waals surface area (Å²) < 4.78 is 28.4. The Bertz CT molecular complexity index is 1040. The minimum absolute atomic E-state index is 0.0604. The van der Waals surface area contributed by atoms with Crippen LogP contribution in [0.4, 0.5) is 0 Å². The first-order valence-electron chi connectivity index (χ1n) is 10.9. The van der Waals surface area contributed by atoms with Gasteiger partial charge in [-0.15, -0.1) is 10.2 Å². The number of nitrogens with zero attached hydrogens (tertiary/aromatic N) is 5. The van der Waals surface area contributed by atoms with Crippen LogP contribution in [-0.2, 0) is 14.8 Å². The quantitative estimate of drug-likeness (QED) is 0.455. The van der Waals surface area contributed by atoms with Gasteiger partial charge in [-0.3, -0.25) is 4.79 Å². The van der Waals surface area contributed by atoms with Gasteiger partial charge in [-0.1, -0.05) is 51.6 Å². The maximum atomic E-state index is 12.8. The molecule has 2 atom stereocenters. The van der Waals surface area contributed by atoms with Crippen molar-refractivity contribution in [2.75, 3.05) is 37.8 Å². The summed E-state index contributed by atoms with van der Waals surface area (Å²) in [6.07, 6.45) is 1.14. The molecule has 1 aromatic heterocycles. The first-order valence-corrected chi connectivity index (χ1v) is 13.3. The standard InChI is InChI=1S/C21H32N6O3S2/c1-5-26(6-2)32(29,30)18-9-7-8-17(11-18)20-23-24-21(27(20)22)31-14-19(28)25-12-15(3)10-16(4)13-25/h7-9,11,15-16H,5-6,10,12-14,22H2,1-4H3. The van der Waals surface area contributed by atoms with E-state index in [0.717, 1.165) is 19.5 Å². The van der Waals surface area contributed by atoms with Crippen LogP contribution >= 0.6 is 11.8 Å². The number of sulfonamides is 1. The molecule has 1 aliphatic heterocycles. The zero-order valence-corrected chi connectivity index (χ0v) is 20.7. The molecule has 2 unspecified atom stereocenters. The number of piperidine rings is 1. The summed E-state index contributed by atoms with van der Waals surface area (Å²) in [5.74, 6) is 7.83. The average molecular weight is 481 g/mol. The molecule has 2 N–H and O–H groups in total. The van der Waals surface area contributed by atoms with Gasteiger partial charge in [-0.25, -0.2) is 13.1 Å². The van der Waals surface area contributed by atoms with Crippen molar-refractivity contribution < 1.29 is 13.2 Å². The maximum absolute atomic E-state index is 12.8. The van der Waals surface area contributed by atoms with Crippen LogP contribution < -0.4 is 5.84 Å². The van der Waals surface area contributed by atoms with E-state index < -0.39 is 10.0 Å². The molecule has 2 aromatic rings. The third kappa shape index (κ3) is 5.26. The average Bonchev–Trinajstić information content (AvgIpc) is 3.12. The summed E-state index contributed by atoms with van der Waals surface area (Å²) in [7, 11) is -3.60. The highest BCUT2D eigenvalue weighted by molar-refractivity contribution is 7.99. The molecule has 2 heterocycles. The van der Waals surface area contributed by atoms with Crippen molar-refractivity contribution in [2.45, 2.75) is 44.2 Å². The first kappa shape index (κ1) is 24.5. The number of aromatic nitrogens is 3. The Morgan fingerprint density at radius 1 is 1.19 bits per heavy atom. The Labute approximate surface area is 194 Å². The van der Waals surface area contributed by atoms with Crippen LogP contribution in [0.2, 0.25) is 0 Å². The second-order valence-corrected chi connectivity index (χ2v) is 11.2. The Hall–Kier alpha value is -2.11. The van der Waals surface area contributed by atoms with Crippen molar-refractivity contribution in [1.29, 1.82) is 0 Å². The summed E-state index contributed by atoms with van der Waals surface area (Å²) in [5.41, 5.74) is 0.546. The molecule has 0 spiro atoms. The Morgan fingerprint density at radius 3 is 2.47 bits per heavy atom. The number of hydrogen-bond acceptors (Lipinski definition) is 7. The highest BCUT2D eigenvalue weighted by atomic mass is 32.2. The molecule has 11 heteroatoms. The van der Waals surface area contributed by atoms with Crippen molar-refractivity contribution in [1.82, 2.24) is 24.1 Å². The molecule has 1 amide bonds. The lowest BCUT2D eigenvalue weighted by atomic mass is 9.92. The van der Waals surface area contributed by atoms with Crippen molar-refractivity contribution in [3.8, 4) is 11.4 Å². The molecular weight excluding hydrogens is 448 g/mol. The van der Waals surface area contributed by atoms with Gasteiger partial charge in [0.15, 0.2) is 5.82 Å². The van der Waals surface area contributed by atoms with Gasteiger partial charge in [0, 0.05) is 31.7 Å². The summed E-state index contributed by atoms with van der Waals surface area (Å²) in [5, 5.41) is 8.67. The number of amides is 1. The summed E-state index contributed by atoms with van der Waals surface area (Å²) in [6, 6.07) is 6.51. The number of thioether (sulfide) groups is 1. The molecule has 32 heavy (non-hydrogen) atoms. The fourth-order valence-electron chi connectivity index (χ4n) is 4.16. The van der Waals surface area contributed by atoms with Crippen molar-refractivity contribution in [3.05, 3.63) is 24.3 Å². The van der Waals surface area contributed by atoms with Crippen molar-refractivity contribution >= 4 is 27.7 Å². The van der Waals surface area contributed by atoms with E-state index in [9.17, 15) is 13.2 Å². The van der Waals surface area contributed by atoms with Gasteiger partial charge in [0.1, 0.15) is 0 Å². The molecule has 1 aliphatic rings. The monoisotopic (exact) mass is 480 g/mol. The number of benzene rings is 1. The smallest absolute Gasteiger partial charge is 0.243 e. The van der Waals surface area contributed by atoms with Gasteiger partial charge in [0.05, 0.1) is 10.6 Å². The van der Waals surface area contributed by atoms with E-state index in [0.29, 0.717) is 41.5 Å². The van der Waals surface area contributed by atoms with E-state index in [4.69, 9.17) is 5.84 Å². The molecule has 0 saturated carbocycles. The molecule has 3 rings (SSSR count). The number of carbonyl (C=O) groups is 1. The number of hydrogen-bond donors (Lipinski definition) is 1. The van der Waals surface area contributed by atoms with Crippen LogP contribution in [0, 0.1) is 11.8 Å². The lowest BCUT2D eigenvalue weighted by molar-refractivity contribution is -0.130. The Kier molecular flexibility index (Phi) is 7.84. The van der Waals surface area contributed by atoms with E-state index in [-0.39, 0.29) is 16.6 Å². The molecule has 0 radical (unpaired) electrons. The number of carbonyl (C=O) groups excluding carboxylic acids is 1. The molecule has 9 nitrogen and oxygen atoms in total. The summed E-state index contributed by atoms with van der Waals surface area (Å²) in [4.78, 5) is 14.8. The second-order valence-electron chi connectivity index (χ2n) is 8.33. The molecular formula is C21H32N6O3S2. The maximum Gasteiger partial charge on any atom is 0.243 e. The molecule has 176 valence electrons. The topological polar surface area (TPSA) is 114 Å². The summed E-state index contributed by atoms with van der Waals surface area (Å²) in [6.45, 7) is 10.3. The van der Waals surface area contributed by atoms with Crippen LogP contribution in [0.15, 0.2) is 34.3 Å². The molecule has 1 aromatic carbocycles.